The highest BCUT2D eigenvalue weighted by Crippen LogP contribution is 2.17. The summed E-state index contributed by atoms with van der Waals surface area (Å²) in [7, 11) is 1.34. The molecule has 0 N–H and O–H groups in total. The Labute approximate surface area is 178 Å². The van der Waals surface area contributed by atoms with Crippen molar-refractivity contribution in [1.29, 1.82) is 0 Å². The van der Waals surface area contributed by atoms with E-state index in [0.29, 0.717) is 24.3 Å². The van der Waals surface area contributed by atoms with Crippen molar-refractivity contribution in [3.63, 3.8) is 0 Å². The minimum absolute atomic E-state index is 0.0102. The zero-order valence-electron chi connectivity index (χ0n) is 17.8. The van der Waals surface area contributed by atoms with E-state index in [-0.39, 0.29) is 5.91 Å². The summed E-state index contributed by atoms with van der Waals surface area (Å²) in [5, 5.41) is 2.42. The van der Waals surface area contributed by atoms with Crippen LogP contribution in [0.3, 0.4) is 0 Å². The number of carbonyl (C=O) groups excluding carboxylic acids is 2. The third-order valence-corrected chi connectivity index (χ3v) is 5.69. The maximum atomic E-state index is 13.1. The fourth-order valence-electron chi connectivity index (χ4n) is 3.13. The highest BCUT2D eigenvalue weighted by atomic mass is 32.1. The molecule has 0 unspecified atom stereocenters. The Morgan fingerprint density at radius 2 is 1.72 bits per heavy atom. The van der Waals surface area contributed by atoms with Gasteiger partial charge < -0.3 is 9.64 Å². The Balaban J connectivity index is 2.08. The van der Waals surface area contributed by atoms with E-state index in [0.717, 1.165) is 30.7 Å². The summed E-state index contributed by atoms with van der Waals surface area (Å²) in [6.07, 6.45) is 7.79. The molecule has 5 nitrogen and oxygen atoms in total. The molecule has 0 saturated heterocycles. The van der Waals surface area contributed by atoms with Gasteiger partial charge in [-0.25, -0.2) is 9.78 Å². The van der Waals surface area contributed by atoms with Crippen LogP contribution >= 0.6 is 11.3 Å². The van der Waals surface area contributed by atoms with E-state index in [4.69, 9.17) is 4.74 Å². The largest absolute Gasteiger partial charge is 0.464 e. The third kappa shape index (κ3) is 7.28. The van der Waals surface area contributed by atoms with Crippen LogP contribution in [0.15, 0.2) is 29.6 Å². The van der Waals surface area contributed by atoms with Crippen molar-refractivity contribution in [3.05, 3.63) is 51.5 Å². The zero-order valence-corrected chi connectivity index (χ0v) is 18.6. The van der Waals surface area contributed by atoms with Crippen molar-refractivity contribution < 1.29 is 14.3 Å². The molecule has 0 aliphatic carbocycles. The van der Waals surface area contributed by atoms with E-state index in [1.807, 2.05) is 17.0 Å². The number of hydrogen-bond donors (Lipinski definition) is 0. The van der Waals surface area contributed by atoms with Crippen LogP contribution in [0.1, 0.15) is 83.8 Å². The summed E-state index contributed by atoms with van der Waals surface area (Å²) in [5.74, 6) is -0.439. The second-order valence-corrected chi connectivity index (χ2v) is 8.15. The first-order valence-corrected chi connectivity index (χ1v) is 11.4. The number of aryl methyl sites for hydroxylation is 1. The molecule has 0 fully saturated rings. The minimum atomic E-state index is -0.449. The van der Waals surface area contributed by atoms with Crippen molar-refractivity contribution in [2.75, 3.05) is 13.7 Å². The number of benzene rings is 1. The summed E-state index contributed by atoms with van der Waals surface area (Å²) in [4.78, 5) is 30.9. The van der Waals surface area contributed by atoms with Crippen LogP contribution in [-0.4, -0.2) is 35.4 Å². The molecule has 2 rings (SSSR count). The highest BCUT2D eigenvalue weighted by Gasteiger charge is 2.19. The van der Waals surface area contributed by atoms with Crippen molar-refractivity contribution in [2.24, 2.45) is 0 Å². The Morgan fingerprint density at radius 1 is 1.03 bits per heavy atom. The van der Waals surface area contributed by atoms with E-state index < -0.39 is 5.97 Å². The lowest BCUT2D eigenvalue weighted by atomic mass is 10.0. The Kier molecular flexibility index (Phi) is 9.84. The molecular formula is C23H32N2O3S. The lowest BCUT2D eigenvalue weighted by Gasteiger charge is -2.22. The van der Waals surface area contributed by atoms with Gasteiger partial charge in [-0.2, -0.15) is 0 Å². The number of nitrogens with zero attached hydrogens (tertiary/aromatic N) is 2. The Hall–Kier alpha value is -2.21. The van der Waals surface area contributed by atoms with Crippen molar-refractivity contribution in [2.45, 2.75) is 65.3 Å². The van der Waals surface area contributed by atoms with Gasteiger partial charge in [-0.3, -0.25) is 4.79 Å². The van der Waals surface area contributed by atoms with Gasteiger partial charge in [-0.15, -0.1) is 11.3 Å². The van der Waals surface area contributed by atoms with Gasteiger partial charge in [0, 0.05) is 17.5 Å². The van der Waals surface area contributed by atoms with Crippen molar-refractivity contribution in [1.82, 2.24) is 9.88 Å². The quantitative estimate of drug-likeness (QED) is 0.339. The molecule has 6 heteroatoms. The van der Waals surface area contributed by atoms with Gasteiger partial charge in [0.25, 0.3) is 5.91 Å². The molecule has 0 radical (unpaired) electrons. The number of aromatic nitrogens is 1. The first-order chi connectivity index (χ1) is 14.1. The molecule has 0 spiro atoms. The minimum Gasteiger partial charge on any atom is -0.464 e. The van der Waals surface area contributed by atoms with Gasteiger partial charge in [-0.1, -0.05) is 51.7 Å². The van der Waals surface area contributed by atoms with Gasteiger partial charge >= 0.3 is 5.97 Å². The average Bonchev–Trinajstić information content (AvgIpc) is 3.21. The molecule has 1 aromatic carbocycles. The lowest BCUT2D eigenvalue weighted by Crippen LogP contribution is -2.31. The van der Waals surface area contributed by atoms with Crippen LogP contribution in [-0.2, 0) is 17.7 Å². The topological polar surface area (TPSA) is 59.5 Å². The van der Waals surface area contributed by atoms with Crippen LogP contribution in [0.2, 0.25) is 0 Å². The number of hydrogen-bond acceptors (Lipinski definition) is 5. The average molecular weight is 417 g/mol. The maximum absolute atomic E-state index is 13.1. The maximum Gasteiger partial charge on any atom is 0.357 e. The fraction of sp³-hybridized carbons (Fsp3) is 0.522. The fourth-order valence-corrected chi connectivity index (χ4v) is 3.90. The monoisotopic (exact) mass is 416 g/mol. The van der Waals surface area contributed by atoms with Crippen LogP contribution in [0, 0.1) is 0 Å². The predicted molar refractivity (Wildman–Crippen MR) is 117 cm³/mol. The summed E-state index contributed by atoms with van der Waals surface area (Å²) < 4.78 is 4.72. The lowest BCUT2D eigenvalue weighted by molar-refractivity contribution is 0.0594. The summed E-state index contributed by atoms with van der Waals surface area (Å²) >= 11 is 1.38. The predicted octanol–water partition coefficient (Wildman–Crippen LogP) is 5.50. The summed E-state index contributed by atoms with van der Waals surface area (Å²) in [6, 6.07) is 7.98. The molecular weight excluding hydrogens is 384 g/mol. The van der Waals surface area contributed by atoms with Crippen molar-refractivity contribution in [3.8, 4) is 0 Å². The molecule has 0 aliphatic rings. The van der Waals surface area contributed by atoms with E-state index >= 15 is 0 Å². The van der Waals surface area contributed by atoms with Crippen molar-refractivity contribution >= 4 is 23.2 Å². The van der Waals surface area contributed by atoms with Crippen LogP contribution in [0.4, 0.5) is 0 Å². The number of thiazole rings is 1. The van der Waals surface area contributed by atoms with Gasteiger partial charge in [0.05, 0.1) is 13.7 Å². The molecule has 0 bridgehead atoms. The first-order valence-electron chi connectivity index (χ1n) is 10.5. The molecule has 1 aromatic heterocycles. The van der Waals surface area contributed by atoms with E-state index in [2.05, 4.69) is 31.0 Å². The van der Waals surface area contributed by atoms with Gasteiger partial charge in [-0.05, 0) is 37.0 Å². The molecule has 158 valence electrons. The molecule has 0 saturated carbocycles. The molecule has 1 amide bonds. The van der Waals surface area contributed by atoms with Gasteiger partial charge in [0.2, 0.25) is 0 Å². The number of amides is 1. The third-order valence-electron chi connectivity index (χ3n) is 4.86. The molecule has 2 aromatic rings. The molecule has 1 heterocycles. The van der Waals surface area contributed by atoms with Crippen LogP contribution in [0.5, 0.6) is 0 Å². The van der Waals surface area contributed by atoms with Crippen LogP contribution in [0.25, 0.3) is 0 Å². The number of carbonyl (C=O) groups is 2. The van der Waals surface area contributed by atoms with Gasteiger partial charge in [0.1, 0.15) is 5.01 Å². The normalized spacial score (nSPS) is 10.7. The summed E-state index contributed by atoms with van der Waals surface area (Å²) in [5.41, 5.74) is 2.27. The second kappa shape index (κ2) is 12.4. The first kappa shape index (κ1) is 23.1. The molecule has 0 aliphatic heterocycles. The van der Waals surface area contributed by atoms with Gasteiger partial charge in [0.15, 0.2) is 5.69 Å². The van der Waals surface area contributed by atoms with Crippen LogP contribution < -0.4 is 0 Å². The molecule has 0 atom stereocenters. The summed E-state index contributed by atoms with van der Waals surface area (Å²) in [6.45, 7) is 5.43. The Morgan fingerprint density at radius 3 is 2.38 bits per heavy atom. The van der Waals surface area contributed by atoms with E-state index in [9.17, 15) is 9.59 Å². The molecule has 29 heavy (non-hydrogen) atoms. The number of methoxy groups -OCH3 is 1. The van der Waals surface area contributed by atoms with E-state index in [1.165, 1.54) is 43.3 Å². The standard InChI is InChI=1S/C23H32N2O3S/c1-4-6-8-10-18-11-13-19(14-12-18)22(26)25(15-9-7-5-2)16-21-24-20(17-29-21)23(27)28-3/h11-14,17H,4-10,15-16H2,1-3H3. The van der Waals surface area contributed by atoms with E-state index in [1.54, 1.807) is 5.38 Å². The number of ether oxygens (including phenoxy) is 1. The Bertz CT molecular complexity index is 771. The highest BCUT2D eigenvalue weighted by molar-refractivity contribution is 7.09. The second-order valence-electron chi connectivity index (χ2n) is 7.21. The SMILES string of the molecule is CCCCCc1ccc(C(=O)N(CCCCC)Cc2nc(C(=O)OC)cs2)cc1. The zero-order chi connectivity index (χ0) is 21.1. The number of unbranched alkanes of at least 4 members (excludes halogenated alkanes) is 4. The number of rotatable bonds is 12. The number of esters is 1. The smallest absolute Gasteiger partial charge is 0.357 e.